The third kappa shape index (κ3) is 7.48. The number of Topliss-reactive ketones (excluding diaryl/α,β-unsaturated/α-hetero) is 1. The van der Waals surface area contributed by atoms with Crippen molar-refractivity contribution in [1.82, 2.24) is 0 Å². The summed E-state index contributed by atoms with van der Waals surface area (Å²) in [7, 11) is 0. The molecule has 1 rings (SSSR count). The van der Waals surface area contributed by atoms with Gasteiger partial charge in [0.15, 0.2) is 0 Å². The molecule has 0 radical (unpaired) electrons. The second kappa shape index (κ2) is 9.94. The average molecular weight is 363 g/mol. The zero-order chi connectivity index (χ0) is 17.5. The van der Waals surface area contributed by atoms with Crippen molar-refractivity contribution in [2.75, 3.05) is 17.3 Å². The zero-order valence-corrected chi connectivity index (χ0v) is 16.0. The second-order valence-corrected chi connectivity index (χ2v) is 9.40. The van der Waals surface area contributed by atoms with E-state index in [4.69, 9.17) is 5.11 Å². The van der Waals surface area contributed by atoms with Gasteiger partial charge in [-0.1, -0.05) is 27.2 Å². The normalized spacial score (nSPS) is 25.0. The molecule has 0 bridgehead atoms. The van der Waals surface area contributed by atoms with Crippen LogP contribution in [0.25, 0.3) is 0 Å². The van der Waals surface area contributed by atoms with Gasteiger partial charge in [-0.05, 0) is 36.2 Å². The monoisotopic (exact) mass is 362 g/mol. The van der Waals surface area contributed by atoms with E-state index in [1.165, 1.54) is 11.8 Å². The zero-order valence-electron chi connectivity index (χ0n) is 14.4. The van der Waals surface area contributed by atoms with Crippen LogP contribution in [0.3, 0.4) is 0 Å². The van der Waals surface area contributed by atoms with Gasteiger partial charge in [-0.15, -0.1) is 0 Å². The number of carboxylic acids is 1. The molecule has 6 heteroatoms. The molecule has 134 valence electrons. The summed E-state index contributed by atoms with van der Waals surface area (Å²) in [5, 5.41) is 18.7. The minimum atomic E-state index is -0.782. The third-order valence-electron chi connectivity index (χ3n) is 4.68. The first kappa shape index (κ1) is 20.8. The number of aliphatic hydroxyl groups excluding tert-OH is 1. The van der Waals surface area contributed by atoms with Crippen LogP contribution in [0, 0.1) is 11.3 Å². The summed E-state index contributed by atoms with van der Waals surface area (Å²) < 4.78 is 0. The molecular formula is C17H30O4S2. The van der Waals surface area contributed by atoms with Crippen LogP contribution in [-0.2, 0) is 9.59 Å². The summed E-state index contributed by atoms with van der Waals surface area (Å²) >= 11 is 3.07. The largest absolute Gasteiger partial charge is 0.481 e. The van der Waals surface area contributed by atoms with Gasteiger partial charge in [-0.3, -0.25) is 9.59 Å². The van der Waals surface area contributed by atoms with Gasteiger partial charge in [-0.2, -0.15) is 23.5 Å². The number of carbonyl (C=O) groups is 2. The molecule has 4 nitrogen and oxygen atoms in total. The van der Waals surface area contributed by atoms with Gasteiger partial charge < -0.3 is 10.2 Å². The first-order valence-electron chi connectivity index (χ1n) is 8.38. The standard InChI is InChI=1S/C17H30O4S2/c1-4-17(2,3)7-6-12-13(18)10-14(19)16(12)23-9-5-8-22-11-15(20)21/h12-13,16,18H,4-11H2,1-3H3,(H,20,21)/t12-,13?,16?/m0/s1. The molecule has 0 amide bonds. The highest BCUT2D eigenvalue weighted by Gasteiger charge is 2.41. The lowest BCUT2D eigenvalue weighted by atomic mass is 9.82. The number of thioether (sulfide) groups is 2. The number of carbonyl (C=O) groups excluding carboxylic acids is 1. The van der Waals surface area contributed by atoms with E-state index in [9.17, 15) is 14.7 Å². The summed E-state index contributed by atoms with van der Waals surface area (Å²) in [6, 6.07) is 0. The number of ketones is 1. The molecule has 0 saturated heterocycles. The smallest absolute Gasteiger partial charge is 0.313 e. The molecule has 23 heavy (non-hydrogen) atoms. The Hall–Kier alpha value is -0.200. The molecule has 1 fully saturated rings. The van der Waals surface area contributed by atoms with Crippen molar-refractivity contribution in [3.8, 4) is 0 Å². The Morgan fingerprint density at radius 3 is 2.65 bits per heavy atom. The first-order chi connectivity index (χ1) is 10.8. The topological polar surface area (TPSA) is 74.6 Å². The summed E-state index contributed by atoms with van der Waals surface area (Å²) in [6.07, 6.45) is 3.73. The van der Waals surface area contributed by atoms with Gasteiger partial charge in [-0.25, -0.2) is 0 Å². The highest BCUT2D eigenvalue weighted by atomic mass is 32.2. The lowest BCUT2D eigenvalue weighted by Crippen LogP contribution is -2.25. The molecule has 1 saturated carbocycles. The van der Waals surface area contributed by atoms with Gasteiger partial charge in [0.2, 0.25) is 0 Å². The van der Waals surface area contributed by atoms with Crippen molar-refractivity contribution in [3.63, 3.8) is 0 Å². The van der Waals surface area contributed by atoms with Crippen molar-refractivity contribution >= 4 is 35.3 Å². The van der Waals surface area contributed by atoms with Crippen LogP contribution in [0.1, 0.15) is 52.9 Å². The SMILES string of the molecule is CCC(C)(C)CC[C@H]1C(O)CC(=O)C1SCCCSCC(=O)O. The molecule has 1 aliphatic carbocycles. The van der Waals surface area contributed by atoms with Crippen LogP contribution in [0.5, 0.6) is 0 Å². The van der Waals surface area contributed by atoms with Gasteiger partial charge in [0.1, 0.15) is 5.78 Å². The van der Waals surface area contributed by atoms with Crippen LogP contribution < -0.4 is 0 Å². The molecule has 0 aromatic rings. The summed E-state index contributed by atoms with van der Waals surface area (Å²) in [5.41, 5.74) is 0.258. The third-order valence-corrected chi connectivity index (χ3v) is 7.20. The molecule has 0 heterocycles. The van der Waals surface area contributed by atoms with E-state index in [0.29, 0.717) is 6.42 Å². The Morgan fingerprint density at radius 1 is 1.35 bits per heavy atom. The van der Waals surface area contributed by atoms with E-state index >= 15 is 0 Å². The Kier molecular flexibility index (Phi) is 9.01. The number of hydrogen-bond donors (Lipinski definition) is 2. The Morgan fingerprint density at radius 2 is 2.04 bits per heavy atom. The average Bonchev–Trinajstić information content (AvgIpc) is 2.74. The molecule has 0 aliphatic heterocycles. The van der Waals surface area contributed by atoms with E-state index in [0.717, 1.165) is 37.2 Å². The van der Waals surface area contributed by atoms with Gasteiger partial charge in [0.25, 0.3) is 0 Å². The van der Waals surface area contributed by atoms with Crippen LogP contribution in [0.4, 0.5) is 0 Å². The molecule has 0 aromatic heterocycles. The molecule has 2 N–H and O–H groups in total. The lowest BCUT2D eigenvalue weighted by Gasteiger charge is -2.27. The fourth-order valence-corrected chi connectivity index (χ4v) is 5.00. The maximum absolute atomic E-state index is 12.1. The van der Waals surface area contributed by atoms with Crippen LogP contribution in [0.15, 0.2) is 0 Å². The molecule has 1 aliphatic rings. The van der Waals surface area contributed by atoms with Crippen molar-refractivity contribution in [3.05, 3.63) is 0 Å². The van der Waals surface area contributed by atoms with Gasteiger partial charge in [0.05, 0.1) is 17.1 Å². The van der Waals surface area contributed by atoms with Gasteiger partial charge >= 0.3 is 5.97 Å². The van der Waals surface area contributed by atoms with Crippen molar-refractivity contribution in [2.45, 2.75) is 64.2 Å². The lowest BCUT2D eigenvalue weighted by molar-refractivity contribution is -0.133. The summed E-state index contributed by atoms with van der Waals surface area (Å²) in [6.45, 7) is 6.65. The number of rotatable bonds is 11. The highest BCUT2D eigenvalue weighted by Crippen LogP contribution is 2.39. The summed E-state index contributed by atoms with van der Waals surface area (Å²) in [4.78, 5) is 22.6. The molecular weight excluding hydrogens is 332 g/mol. The van der Waals surface area contributed by atoms with Crippen LogP contribution in [-0.4, -0.2) is 50.6 Å². The highest BCUT2D eigenvalue weighted by molar-refractivity contribution is 8.01. The Bertz CT molecular complexity index is 398. The Labute approximate surface area is 148 Å². The van der Waals surface area contributed by atoms with Gasteiger partial charge in [0, 0.05) is 12.3 Å². The van der Waals surface area contributed by atoms with E-state index in [2.05, 4.69) is 20.8 Å². The predicted octanol–water partition coefficient (Wildman–Crippen LogP) is 3.46. The van der Waals surface area contributed by atoms with E-state index in [1.54, 1.807) is 11.8 Å². The fourth-order valence-electron chi connectivity index (χ4n) is 2.74. The van der Waals surface area contributed by atoms with E-state index < -0.39 is 12.1 Å². The first-order valence-corrected chi connectivity index (χ1v) is 10.6. The molecule has 2 unspecified atom stereocenters. The number of hydrogen-bond acceptors (Lipinski definition) is 5. The van der Waals surface area contributed by atoms with Crippen LogP contribution in [0.2, 0.25) is 0 Å². The van der Waals surface area contributed by atoms with Crippen molar-refractivity contribution in [2.24, 2.45) is 11.3 Å². The summed E-state index contributed by atoms with van der Waals surface area (Å²) in [5.74, 6) is 1.26. The maximum Gasteiger partial charge on any atom is 0.313 e. The van der Waals surface area contributed by atoms with Crippen molar-refractivity contribution < 1.29 is 19.8 Å². The second-order valence-electron chi connectivity index (χ2n) is 7.05. The van der Waals surface area contributed by atoms with E-state index in [-0.39, 0.29) is 28.1 Å². The van der Waals surface area contributed by atoms with Crippen LogP contribution >= 0.6 is 23.5 Å². The number of aliphatic carboxylic acids is 1. The molecule has 0 aromatic carbocycles. The minimum absolute atomic E-state index is 0.0741. The number of carboxylic acid groups (broad SMARTS) is 1. The van der Waals surface area contributed by atoms with Crippen molar-refractivity contribution in [1.29, 1.82) is 0 Å². The molecule has 0 spiro atoms. The quantitative estimate of drug-likeness (QED) is 0.548. The fraction of sp³-hybridized carbons (Fsp3) is 0.882. The maximum atomic E-state index is 12.1. The predicted molar refractivity (Wildman–Crippen MR) is 98.3 cm³/mol. The minimum Gasteiger partial charge on any atom is -0.481 e. The van der Waals surface area contributed by atoms with E-state index in [1.807, 2.05) is 0 Å². The number of aliphatic hydroxyl groups is 1. The Balaban J connectivity index is 2.38. The molecule has 3 atom stereocenters.